The van der Waals surface area contributed by atoms with Crippen LogP contribution in [0.2, 0.25) is 5.02 Å². The summed E-state index contributed by atoms with van der Waals surface area (Å²) in [5, 5.41) is 2.17. The van der Waals surface area contributed by atoms with Gasteiger partial charge in [0.05, 0.1) is 5.69 Å². The molecule has 0 radical (unpaired) electrons. The number of thiophene rings is 1. The summed E-state index contributed by atoms with van der Waals surface area (Å²) >= 11 is 10.3. The molecule has 2 aromatic rings. The molecule has 0 fully saturated rings. The summed E-state index contributed by atoms with van der Waals surface area (Å²) in [5.74, 6) is 0. The molecule has 7 heteroatoms. The molecule has 17 heavy (non-hydrogen) atoms. The molecular weight excluding hydrogens is 346 g/mol. The van der Waals surface area contributed by atoms with Crippen LogP contribution in [-0.4, -0.2) is 8.42 Å². The molecule has 0 aliphatic heterocycles. The van der Waals surface area contributed by atoms with Crippen molar-refractivity contribution in [3.8, 4) is 0 Å². The van der Waals surface area contributed by atoms with Crippen LogP contribution in [0.15, 0.2) is 44.4 Å². The molecule has 0 aliphatic carbocycles. The van der Waals surface area contributed by atoms with Gasteiger partial charge in [-0.25, -0.2) is 8.42 Å². The predicted molar refractivity (Wildman–Crippen MR) is 74.3 cm³/mol. The van der Waals surface area contributed by atoms with Gasteiger partial charge in [-0.3, -0.25) is 4.72 Å². The Morgan fingerprint density at radius 3 is 2.65 bits per heavy atom. The summed E-state index contributed by atoms with van der Waals surface area (Å²) in [5.41, 5.74) is 0.428. The molecule has 0 spiro atoms. The van der Waals surface area contributed by atoms with E-state index in [-0.39, 0.29) is 4.21 Å². The summed E-state index contributed by atoms with van der Waals surface area (Å²) < 4.78 is 27.3. The van der Waals surface area contributed by atoms with Gasteiger partial charge in [0.2, 0.25) is 0 Å². The van der Waals surface area contributed by atoms with E-state index in [1.807, 2.05) is 0 Å². The fraction of sp³-hybridized carbons (Fsp3) is 0. The van der Waals surface area contributed by atoms with Crippen LogP contribution in [0.4, 0.5) is 5.69 Å². The van der Waals surface area contributed by atoms with Crippen LogP contribution in [-0.2, 0) is 10.0 Å². The normalized spacial score (nSPS) is 11.4. The van der Waals surface area contributed by atoms with Crippen molar-refractivity contribution in [3.63, 3.8) is 0 Å². The van der Waals surface area contributed by atoms with Crippen LogP contribution >= 0.6 is 38.9 Å². The minimum absolute atomic E-state index is 0.272. The van der Waals surface area contributed by atoms with Crippen molar-refractivity contribution in [1.29, 1.82) is 0 Å². The van der Waals surface area contributed by atoms with Crippen molar-refractivity contribution < 1.29 is 8.42 Å². The summed E-state index contributed by atoms with van der Waals surface area (Å²) in [6.45, 7) is 0. The zero-order chi connectivity index (χ0) is 12.5. The Balaban J connectivity index is 2.33. The fourth-order valence-corrected chi connectivity index (χ4v) is 4.13. The van der Waals surface area contributed by atoms with Gasteiger partial charge in [-0.15, -0.1) is 11.3 Å². The van der Waals surface area contributed by atoms with Gasteiger partial charge in [0.25, 0.3) is 10.0 Å². The van der Waals surface area contributed by atoms with Crippen molar-refractivity contribution in [2.75, 3.05) is 4.72 Å². The van der Waals surface area contributed by atoms with Gasteiger partial charge in [-0.2, -0.15) is 0 Å². The van der Waals surface area contributed by atoms with Crippen LogP contribution in [0.5, 0.6) is 0 Å². The molecule has 90 valence electrons. The minimum Gasteiger partial charge on any atom is -0.279 e. The van der Waals surface area contributed by atoms with E-state index >= 15 is 0 Å². The van der Waals surface area contributed by atoms with Crippen molar-refractivity contribution >= 4 is 54.6 Å². The van der Waals surface area contributed by atoms with E-state index in [1.54, 1.807) is 35.7 Å². The Labute approximate surface area is 117 Å². The monoisotopic (exact) mass is 351 g/mol. The Morgan fingerprint density at radius 1 is 1.29 bits per heavy atom. The average Bonchev–Trinajstić information content (AvgIpc) is 2.67. The van der Waals surface area contributed by atoms with Gasteiger partial charge in [0, 0.05) is 9.50 Å². The van der Waals surface area contributed by atoms with Crippen LogP contribution in [0.1, 0.15) is 0 Å². The first kappa shape index (κ1) is 12.9. The van der Waals surface area contributed by atoms with Gasteiger partial charge in [0.15, 0.2) is 0 Å². The van der Waals surface area contributed by atoms with Crippen molar-refractivity contribution in [2.24, 2.45) is 0 Å². The molecular formula is C10H7BrClNO2S2. The number of rotatable bonds is 3. The lowest BCUT2D eigenvalue weighted by molar-refractivity contribution is 0.603. The van der Waals surface area contributed by atoms with Crippen molar-refractivity contribution in [3.05, 3.63) is 45.2 Å². The number of sulfonamides is 1. The summed E-state index contributed by atoms with van der Waals surface area (Å²) in [6.07, 6.45) is 0. The Morgan fingerprint density at radius 2 is 2.06 bits per heavy atom. The first-order valence-corrected chi connectivity index (χ1v) is 8.03. The topological polar surface area (TPSA) is 46.2 Å². The third kappa shape index (κ3) is 3.22. The first-order valence-electron chi connectivity index (χ1n) is 4.50. The lowest BCUT2D eigenvalue weighted by Crippen LogP contribution is -2.11. The zero-order valence-corrected chi connectivity index (χ0v) is 12.3. The Kier molecular flexibility index (Phi) is 3.77. The molecule has 0 amide bonds. The molecule has 0 saturated carbocycles. The largest absolute Gasteiger partial charge is 0.279 e. The average molecular weight is 353 g/mol. The smallest absolute Gasteiger partial charge is 0.271 e. The van der Waals surface area contributed by atoms with Gasteiger partial charge in [0.1, 0.15) is 4.21 Å². The molecule has 2 rings (SSSR count). The molecule has 0 saturated heterocycles. The standard InChI is InChI=1S/C10H7BrClNO2S2/c11-7-4-8(12)6-9(5-7)13-17(14,15)10-2-1-3-16-10/h1-6,13H. The van der Waals surface area contributed by atoms with Crippen LogP contribution < -0.4 is 4.72 Å². The fourth-order valence-electron chi connectivity index (χ4n) is 1.23. The second-order valence-corrected chi connectivity index (χ2v) is 7.40. The van der Waals surface area contributed by atoms with E-state index in [4.69, 9.17) is 11.6 Å². The third-order valence-corrected chi connectivity index (χ3v) is 5.33. The summed E-state index contributed by atoms with van der Waals surface area (Å²) in [6, 6.07) is 8.12. The van der Waals surface area contributed by atoms with Gasteiger partial charge in [-0.1, -0.05) is 33.6 Å². The van der Waals surface area contributed by atoms with Gasteiger partial charge < -0.3 is 0 Å². The number of nitrogens with one attached hydrogen (secondary N) is 1. The SMILES string of the molecule is O=S(=O)(Nc1cc(Cl)cc(Br)c1)c1cccs1. The van der Waals surface area contributed by atoms with Crippen molar-refractivity contribution in [1.82, 2.24) is 0 Å². The van der Waals surface area contributed by atoms with Crippen LogP contribution in [0.25, 0.3) is 0 Å². The van der Waals surface area contributed by atoms with E-state index in [9.17, 15) is 8.42 Å². The van der Waals surface area contributed by atoms with Crippen molar-refractivity contribution in [2.45, 2.75) is 4.21 Å². The second-order valence-electron chi connectivity index (χ2n) is 3.20. The third-order valence-electron chi connectivity index (χ3n) is 1.87. The molecule has 0 bridgehead atoms. The lowest BCUT2D eigenvalue weighted by atomic mass is 10.3. The maximum absolute atomic E-state index is 11.9. The van der Waals surface area contributed by atoms with Gasteiger partial charge in [-0.05, 0) is 29.6 Å². The summed E-state index contributed by atoms with van der Waals surface area (Å²) in [7, 11) is -3.51. The van der Waals surface area contributed by atoms with Gasteiger partial charge >= 0.3 is 0 Å². The lowest BCUT2D eigenvalue weighted by Gasteiger charge is -2.07. The highest BCUT2D eigenvalue weighted by Crippen LogP contribution is 2.26. The maximum Gasteiger partial charge on any atom is 0.271 e. The van der Waals surface area contributed by atoms with E-state index in [0.29, 0.717) is 15.2 Å². The van der Waals surface area contributed by atoms with E-state index in [0.717, 1.165) is 11.3 Å². The molecule has 1 aromatic heterocycles. The molecule has 1 N–H and O–H groups in total. The molecule has 1 heterocycles. The molecule has 0 unspecified atom stereocenters. The number of halogens is 2. The highest BCUT2D eigenvalue weighted by Gasteiger charge is 2.15. The van der Waals surface area contributed by atoms with Crippen LogP contribution in [0, 0.1) is 0 Å². The predicted octanol–water partition coefficient (Wildman–Crippen LogP) is 3.96. The number of hydrogen-bond acceptors (Lipinski definition) is 3. The first-order chi connectivity index (χ1) is 7.97. The Bertz CT molecular complexity index is 606. The molecule has 3 nitrogen and oxygen atoms in total. The number of hydrogen-bond donors (Lipinski definition) is 1. The summed E-state index contributed by atoms with van der Waals surface area (Å²) in [4.78, 5) is 0. The zero-order valence-electron chi connectivity index (χ0n) is 8.35. The highest BCUT2D eigenvalue weighted by molar-refractivity contribution is 9.10. The number of benzene rings is 1. The Hall–Kier alpha value is -0.560. The van der Waals surface area contributed by atoms with Crippen LogP contribution in [0.3, 0.4) is 0 Å². The van der Waals surface area contributed by atoms with E-state index in [2.05, 4.69) is 20.7 Å². The highest BCUT2D eigenvalue weighted by atomic mass is 79.9. The molecule has 0 aliphatic rings. The molecule has 1 aromatic carbocycles. The number of anilines is 1. The minimum atomic E-state index is -3.51. The van der Waals surface area contributed by atoms with E-state index < -0.39 is 10.0 Å². The second kappa shape index (κ2) is 4.97. The molecule has 0 atom stereocenters. The maximum atomic E-state index is 11.9. The quantitative estimate of drug-likeness (QED) is 0.908. The van der Waals surface area contributed by atoms with E-state index in [1.165, 1.54) is 0 Å².